The van der Waals surface area contributed by atoms with Crippen molar-refractivity contribution in [2.75, 3.05) is 30.3 Å². The minimum Gasteiger partial charge on any atom is -0.455 e. The van der Waals surface area contributed by atoms with E-state index in [1.165, 1.54) is 23.5 Å². The van der Waals surface area contributed by atoms with Gasteiger partial charge in [-0.2, -0.15) is 0 Å². The number of nitrogens with zero attached hydrogens (tertiary/aromatic N) is 1. The van der Waals surface area contributed by atoms with Gasteiger partial charge in [-0.1, -0.05) is 0 Å². The summed E-state index contributed by atoms with van der Waals surface area (Å²) < 4.78 is 52.9. The number of sulfonamides is 1. The van der Waals surface area contributed by atoms with Crippen molar-refractivity contribution in [2.24, 2.45) is 5.92 Å². The second kappa shape index (κ2) is 9.53. The molecule has 2 heterocycles. The van der Waals surface area contributed by atoms with E-state index in [1.54, 1.807) is 25.1 Å². The lowest BCUT2D eigenvalue weighted by atomic mass is 9.82. The van der Waals surface area contributed by atoms with Crippen LogP contribution in [0.1, 0.15) is 41.6 Å². The maximum atomic E-state index is 13.6. The summed E-state index contributed by atoms with van der Waals surface area (Å²) in [7, 11) is -3.03. The fourth-order valence-corrected chi connectivity index (χ4v) is 6.00. The SMILES string of the molecule is CCS(=O)(=O)N(CC1COB(O)C1)c1cc2oc(-c3ccc(F)cc3)c(C(=O)NC)c2cc1C1CC1. The second-order valence-electron chi connectivity index (χ2n) is 9.40. The highest BCUT2D eigenvalue weighted by Crippen LogP contribution is 2.48. The number of hydrogen-bond acceptors (Lipinski definition) is 6. The molecule has 5 rings (SSSR count). The molecule has 1 unspecified atom stereocenters. The topological polar surface area (TPSA) is 109 Å². The van der Waals surface area contributed by atoms with E-state index >= 15 is 0 Å². The highest BCUT2D eigenvalue weighted by atomic mass is 32.2. The number of benzene rings is 2. The second-order valence-corrected chi connectivity index (χ2v) is 11.6. The smallest absolute Gasteiger partial charge is 0.454 e. The molecule has 2 aromatic carbocycles. The van der Waals surface area contributed by atoms with Crippen molar-refractivity contribution in [2.45, 2.75) is 32.0 Å². The Morgan fingerprint density at radius 1 is 1.25 bits per heavy atom. The quantitative estimate of drug-likeness (QED) is 0.444. The van der Waals surface area contributed by atoms with E-state index in [4.69, 9.17) is 9.07 Å². The molecule has 1 saturated carbocycles. The number of anilines is 1. The van der Waals surface area contributed by atoms with Gasteiger partial charge < -0.3 is 19.4 Å². The first-order chi connectivity index (χ1) is 17.2. The first-order valence-electron chi connectivity index (χ1n) is 12.1. The molecule has 1 aliphatic heterocycles. The van der Waals surface area contributed by atoms with Gasteiger partial charge in [-0.3, -0.25) is 9.10 Å². The molecule has 0 spiro atoms. The fraction of sp³-hybridized carbons (Fsp3) is 0.400. The normalized spacial score (nSPS) is 18.1. The van der Waals surface area contributed by atoms with Crippen molar-refractivity contribution < 1.29 is 31.7 Å². The molecular weight excluding hydrogens is 486 g/mol. The molecule has 1 amide bonds. The Kier molecular flexibility index (Phi) is 6.56. The fourth-order valence-electron chi connectivity index (χ4n) is 4.79. The summed E-state index contributed by atoms with van der Waals surface area (Å²) in [5.74, 6) is -0.537. The summed E-state index contributed by atoms with van der Waals surface area (Å²) in [5, 5.41) is 13.0. The predicted molar refractivity (Wildman–Crippen MR) is 136 cm³/mol. The molecule has 2 N–H and O–H groups in total. The van der Waals surface area contributed by atoms with Gasteiger partial charge in [-0.05, 0) is 73.8 Å². The molecule has 2 fully saturated rings. The minimum atomic E-state index is -3.66. The van der Waals surface area contributed by atoms with Gasteiger partial charge in [0, 0.05) is 37.2 Å². The van der Waals surface area contributed by atoms with Crippen molar-refractivity contribution >= 4 is 39.7 Å². The molecule has 1 atom stereocenters. The molecule has 8 nitrogen and oxygen atoms in total. The Morgan fingerprint density at radius 2 is 1.97 bits per heavy atom. The largest absolute Gasteiger partial charge is 0.455 e. The summed E-state index contributed by atoms with van der Waals surface area (Å²) in [5.41, 5.74) is 2.60. The number of rotatable bonds is 8. The summed E-state index contributed by atoms with van der Waals surface area (Å²) >= 11 is 0. The third-order valence-electron chi connectivity index (χ3n) is 6.87. The Bertz CT molecular complexity index is 1400. The van der Waals surface area contributed by atoms with E-state index < -0.39 is 23.0 Å². The summed E-state index contributed by atoms with van der Waals surface area (Å²) in [4.78, 5) is 12.9. The average Bonchev–Trinajstić information content (AvgIpc) is 3.53. The number of nitrogens with one attached hydrogen (secondary N) is 1. The van der Waals surface area contributed by atoms with Gasteiger partial charge in [0.15, 0.2) is 0 Å². The molecule has 1 saturated heterocycles. The zero-order valence-electron chi connectivity index (χ0n) is 20.2. The first kappa shape index (κ1) is 24.8. The van der Waals surface area contributed by atoms with Crippen LogP contribution in [0.15, 0.2) is 40.8 Å². The van der Waals surface area contributed by atoms with Crippen LogP contribution in [0.25, 0.3) is 22.3 Å². The van der Waals surface area contributed by atoms with Crippen LogP contribution < -0.4 is 9.62 Å². The van der Waals surface area contributed by atoms with Crippen LogP contribution >= 0.6 is 0 Å². The monoisotopic (exact) mass is 514 g/mol. The van der Waals surface area contributed by atoms with Crippen molar-refractivity contribution in [3.05, 3.63) is 53.3 Å². The number of fused-ring (bicyclic) bond motifs is 1. The zero-order chi connectivity index (χ0) is 25.6. The third kappa shape index (κ3) is 4.62. The number of carbonyl (C=O) groups excluding carboxylic acids is 1. The Morgan fingerprint density at radius 3 is 2.56 bits per heavy atom. The molecular formula is C25H28BFN2O6S. The van der Waals surface area contributed by atoms with Crippen LogP contribution in [0.5, 0.6) is 0 Å². The van der Waals surface area contributed by atoms with Crippen molar-refractivity contribution in [3.63, 3.8) is 0 Å². The van der Waals surface area contributed by atoms with E-state index in [9.17, 15) is 22.6 Å². The lowest BCUT2D eigenvalue weighted by Gasteiger charge is -2.28. The summed E-state index contributed by atoms with van der Waals surface area (Å²) in [6.07, 6.45) is 2.19. The Labute approximate surface area is 209 Å². The average molecular weight is 514 g/mol. The molecule has 3 aromatic rings. The number of halogens is 1. The molecule has 36 heavy (non-hydrogen) atoms. The highest BCUT2D eigenvalue weighted by molar-refractivity contribution is 7.92. The van der Waals surface area contributed by atoms with Crippen LogP contribution in [0, 0.1) is 11.7 Å². The molecule has 190 valence electrons. The van der Waals surface area contributed by atoms with Gasteiger partial charge in [-0.15, -0.1) is 0 Å². The van der Waals surface area contributed by atoms with E-state index in [2.05, 4.69) is 5.32 Å². The maximum absolute atomic E-state index is 13.6. The van der Waals surface area contributed by atoms with Crippen LogP contribution in [-0.4, -0.2) is 52.4 Å². The molecule has 0 bridgehead atoms. The van der Waals surface area contributed by atoms with Crippen LogP contribution in [0.3, 0.4) is 0 Å². The molecule has 2 aliphatic rings. The van der Waals surface area contributed by atoms with Gasteiger partial charge in [0.1, 0.15) is 17.2 Å². The Hall–Kier alpha value is -2.89. The van der Waals surface area contributed by atoms with E-state index in [-0.39, 0.29) is 36.6 Å². The number of furan rings is 1. The predicted octanol–water partition coefficient (Wildman–Crippen LogP) is 3.76. The lowest BCUT2D eigenvalue weighted by Crippen LogP contribution is -2.37. The van der Waals surface area contributed by atoms with Gasteiger partial charge in [0.2, 0.25) is 10.0 Å². The standard InChI is InChI=1S/C25H28BFN2O6S/c1-3-36(32,33)29(13-15-12-26(31)34-14-15)21-11-22-20(10-19(21)16-4-5-16)23(25(30)28-2)24(35-22)17-6-8-18(27)9-7-17/h6-11,15-16,31H,3-5,12-14H2,1-2H3,(H,28,30). The van der Waals surface area contributed by atoms with E-state index in [1.807, 2.05) is 6.07 Å². The molecule has 1 aromatic heterocycles. The van der Waals surface area contributed by atoms with Gasteiger partial charge in [-0.25, -0.2) is 12.8 Å². The maximum Gasteiger partial charge on any atom is 0.454 e. The van der Waals surface area contributed by atoms with E-state index in [0.717, 1.165) is 18.4 Å². The van der Waals surface area contributed by atoms with Crippen LogP contribution in [0.4, 0.5) is 10.1 Å². The van der Waals surface area contributed by atoms with Gasteiger partial charge >= 0.3 is 7.12 Å². The number of amides is 1. The summed E-state index contributed by atoms with van der Waals surface area (Å²) in [6.45, 7) is 2.04. The lowest BCUT2D eigenvalue weighted by molar-refractivity contribution is 0.0964. The number of carbonyl (C=O) groups is 1. The van der Waals surface area contributed by atoms with Gasteiger partial charge in [0.05, 0.1) is 17.0 Å². The number of hydrogen-bond donors (Lipinski definition) is 2. The summed E-state index contributed by atoms with van der Waals surface area (Å²) in [6, 6.07) is 9.24. The molecule has 11 heteroatoms. The molecule has 0 radical (unpaired) electrons. The van der Waals surface area contributed by atoms with Crippen LogP contribution in [-0.2, 0) is 14.7 Å². The zero-order valence-corrected chi connectivity index (χ0v) is 21.0. The highest BCUT2D eigenvalue weighted by Gasteiger charge is 2.37. The molecule has 1 aliphatic carbocycles. The van der Waals surface area contributed by atoms with Gasteiger partial charge in [0.25, 0.3) is 5.91 Å². The van der Waals surface area contributed by atoms with E-state index in [0.29, 0.717) is 39.9 Å². The van der Waals surface area contributed by atoms with Crippen molar-refractivity contribution in [3.8, 4) is 11.3 Å². The van der Waals surface area contributed by atoms with Crippen molar-refractivity contribution in [1.29, 1.82) is 0 Å². The Balaban J connectivity index is 1.70. The first-order valence-corrected chi connectivity index (χ1v) is 13.7. The van der Waals surface area contributed by atoms with Crippen LogP contribution in [0.2, 0.25) is 6.32 Å². The third-order valence-corrected chi connectivity index (χ3v) is 8.61. The minimum absolute atomic E-state index is 0.0895. The van der Waals surface area contributed by atoms with Crippen molar-refractivity contribution in [1.82, 2.24) is 5.32 Å².